The third-order valence-electron chi connectivity index (χ3n) is 8.52. The minimum Gasteiger partial charge on any atom is -0.337 e. The summed E-state index contributed by atoms with van der Waals surface area (Å²) in [6.45, 7) is 4.87. The molecule has 4 aromatic rings. The third kappa shape index (κ3) is 5.81. The van der Waals surface area contributed by atoms with E-state index in [1.165, 1.54) is 41.8 Å². The van der Waals surface area contributed by atoms with Gasteiger partial charge in [-0.1, -0.05) is 38.1 Å². The van der Waals surface area contributed by atoms with Crippen LogP contribution in [0.4, 0.5) is 14.5 Å². The maximum absolute atomic E-state index is 14.1. The van der Waals surface area contributed by atoms with Crippen molar-refractivity contribution in [3.8, 4) is 0 Å². The van der Waals surface area contributed by atoms with E-state index in [4.69, 9.17) is 0 Å². The zero-order valence-electron chi connectivity index (χ0n) is 23.5. The zero-order valence-corrected chi connectivity index (χ0v) is 24.3. The van der Waals surface area contributed by atoms with Crippen molar-refractivity contribution in [2.75, 3.05) is 4.90 Å². The summed E-state index contributed by atoms with van der Waals surface area (Å²) in [7, 11) is 1.93. The average molecular weight is 573 g/mol. The van der Waals surface area contributed by atoms with Gasteiger partial charge < -0.3 is 9.47 Å². The number of benzene rings is 3. The highest BCUT2D eigenvalue weighted by Gasteiger charge is 2.46. The Bertz CT molecular complexity index is 1570. The molecule has 1 heterocycles. The molecule has 3 aromatic carbocycles. The lowest BCUT2D eigenvalue weighted by atomic mass is 9.71. The molecule has 0 spiro atoms. The molecular weight excluding hydrogens is 538 g/mol. The summed E-state index contributed by atoms with van der Waals surface area (Å²) in [6.07, 6.45) is 6.31. The van der Waals surface area contributed by atoms with Crippen LogP contribution in [0.2, 0.25) is 0 Å². The molecule has 6 rings (SSSR count). The van der Waals surface area contributed by atoms with E-state index in [1.54, 1.807) is 24.4 Å². The Morgan fingerprint density at radius 3 is 2.63 bits per heavy atom. The van der Waals surface area contributed by atoms with E-state index < -0.39 is 0 Å². The minimum atomic E-state index is -0.274. The van der Waals surface area contributed by atoms with E-state index in [-0.39, 0.29) is 40.8 Å². The van der Waals surface area contributed by atoms with E-state index in [9.17, 15) is 13.6 Å². The van der Waals surface area contributed by atoms with Gasteiger partial charge in [0.05, 0.1) is 6.54 Å². The van der Waals surface area contributed by atoms with Crippen LogP contribution in [0.3, 0.4) is 0 Å². The molecule has 1 aromatic heterocycles. The zero-order chi connectivity index (χ0) is 28.7. The Labute approximate surface area is 244 Å². The molecular formula is C33H34F2N4OS. The van der Waals surface area contributed by atoms with Crippen LogP contribution in [0.1, 0.15) is 67.6 Å². The average Bonchev–Trinajstić information content (AvgIpc) is 3.65. The smallest absolute Gasteiger partial charge is 0.231 e. The number of aryl methyl sites for hydroxylation is 1. The van der Waals surface area contributed by atoms with Crippen molar-refractivity contribution in [2.24, 2.45) is 13.0 Å². The number of nitrogens with one attached hydrogen (secondary N) is 1. The number of rotatable bonds is 8. The molecule has 2 aliphatic carbocycles. The maximum Gasteiger partial charge on any atom is 0.231 e. The van der Waals surface area contributed by atoms with Crippen LogP contribution < -0.4 is 9.62 Å². The number of nitrogens with zero attached hydrogens (tertiary/aromatic N) is 3. The van der Waals surface area contributed by atoms with Crippen molar-refractivity contribution >= 4 is 23.5 Å². The number of anilines is 1. The van der Waals surface area contributed by atoms with Crippen molar-refractivity contribution in [1.82, 2.24) is 14.3 Å². The molecule has 0 saturated heterocycles. The number of hydrogen-bond donors (Lipinski definition) is 1. The topological polar surface area (TPSA) is 50.2 Å². The van der Waals surface area contributed by atoms with E-state index in [2.05, 4.69) is 41.8 Å². The first-order chi connectivity index (χ1) is 19.7. The first kappa shape index (κ1) is 27.7. The van der Waals surface area contributed by atoms with E-state index in [0.717, 1.165) is 46.8 Å². The van der Waals surface area contributed by atoms with Gasteiger partial charge in [-0.05, 0) is 102 Å². The minimum absolute atomic E-state index is 0.00571. The van der Waals surface area contributed by atoms with E-state index in [0.29, 0.717) is 6.54 Å². The van der Waals surface area contributed by atoms with Crippen LogP contribution in [-0.2, 0) is 23.8 Å². The number of carbonyl (C=O) groups excluding carboxylic acids is 1. The fraction of sp³-hybridized carbons (Fsp3) is 0.333. The second-order valence-corrected chi connectivity index (χ2v) is 12.7. The number of halogens is 2. The number of fused-ring (bicyclic) bond motifs is 1. The molecule has 0 bridgehead atoms. The van der Waals surface area contributed by atoms with Crippen LogP contribution in [-0.4, -0.2) is 15.5 Å². The highest BCUT2D eigenvalue weighted by atomic mass is 32.2. The van der Waals surface area contributed by atoms with Gasteiger partial charge in [-0.25, -0.2) is 13.8 Å². The highest BCUT2D eigenvalue weighted by molar-refractivity contribution is 7.97. The van der Waals surface area contributed by atoms with E-state index >= 15 is 0 Å². The molecule has 1 saturated carbocycles. The summed E-state index contributed by atoms with van der Waals surface area (Å²) in [5.74, 6) is 0.241. The molecule has 1 amide bonds. The molecule has 0 aliphatic heterocycles. The SMILES string of the molecule is Cn1ccnc1CN(C(=O)[C@H]1C[C@@H]1c1ccc(F)cc1)c1ccc2c(c1)[C@H](NSc1cccc(F)c1)CCC2(C)C. The molecule has 0 unspecified atom stereocenters. The van der Waals surface area contributed by atoms with Crippen LogP contribution >= 0.6 is 11.9 Å². The summed E-state index contributed by atoms with van der Waals surface area (Å²) < 4.78 is 32.8. The second kappa shape index (κ2) is 11.1. The van der Waals surface area contributed by atoms with Crippen molar-refractivity contribution in [3.63, 3.8) is 0 Å². The number of imidazole rings is 1. The highest BCUT2D eigenvalue weighted by Crippen LogP contribution is 2.50. The largest absolute Gasteiger partial charge is 0.337 e. The Hall–Kier alpha value is -3.49. The Morgan fingerprint density at radius 2 is 1.90 bits per heavy atom. The summed E-state index contributed by atoms with van der Waals surface area (Å²) in [5, 5.41) is 0. The molecule has 1 fully saturated rings. The molecule has 2 aliphatic rings. The molecule has 1 N–H and O–H groups in total. The van der Waals surface area contributed by atoms with E-state index in [1.807, 2.05) is 28.8 Å². The van der Waals surface area contributed by atoms with Crippen molar-refractivity contribution in [2.45, 2.75) is 61.9 Å². The van der Waals surface area contributed by atoms with Crippen LogP contribution in [0, 0.1) is 17.6 Å². The standard InChI is InChI=1S/C33H34F2N4OS/c1-33(2)14-13-30(37-41-25-6-4-5-23(35)17-25)28-18-24(11-12-29(28)33)39(20-31-36-15-16-38(31)3)32(40)27-19-26(27)21-7-9-22(34)10-8-21/h4-12,15-18,26-27,30,37H,13-14,19-20H2,1-3H3/t26-,27+,30-/m1/s1. The molecule has 0 radical (unpaired) electrons. The molecule has 212 valence electrons. The van der Waals surface area contributed by atoms with Gasteiger partial charge in [-0.3, -0.25) is 9.52 Å². The fourth-order valence-electron chi connectivity index (χ4n) is 5.94. The number of carbonyl (C=O) groups is 1. The van der Waals surface area contributed by atoms with Crippen molar-refractivity contribution < 1.29 is 13.6 Å². The lowest BCUT2D eigenvalue weighted by molar-refractivity contribution is -0.120. The van der Waals surface area contributed by atoms with Crippen molar-refractivity contribution in [1.29, 1.82) is 0 Å². The number of aromatic nitrogens is 2. The summed E-state index contributed by atoms with van der Waals surface area (Å²) in [5.41, 5.74) is 4.24. The van der Waals surface area contributed by atoms with Gasteiger partial charge >= 0.3 is 0 Å². The van der Waals surface area contributed by atoms with Crippen LogP contribution in [0.5, 0.6) is 0 Å². The Kier molecular flexibility index (Phi) is 7.47. The van der Waals surface area contributed by atoms with Gasteiger partial charge in [0, 0.05) is 42.0 Å². The first-order valence-electron chi connectivity index (χ1n) is 14.0. The van der Waals surface area contributed by atoms with Gasteiger partial charge in [0.2, 0.25) is 5.91 Å². The monoisotopic (exact) mass is 572 g/mol. The quantitative estimate of drug-likeness (QED) is 0.223. The lowest BCUT2D eigenvalue weighted by Crippen LogP contribution is -2.35. The van der Waals surface area contributed by atoms with Crippen molar-refractivity contribution in [3.05, 3.63) is 113 Å². The number of hydrogen-bond acceptors (Lipinski definition) is 4. The number of amides is 1. The molecule has 8 heteroatoms. The fourth-order valence-corrected chi connectivity index (χ4v) is 6.78. The van der Waals surface area contributed by atoms with Crippen LogP contribution in [0.15, 0.2) is 84.0 Å². The lowest BCUT2D eigenvalue weighted by Gasteiger charge is -2.38. The maximum atomic E-state index is 14.1. The first-order valence-corrected chi connectivity index (χ1v) is 14.9. The third-order valence-corrected chi connectivity index (χ3v) is 9.41. The van der Waals surface area contributed by atoms with Crippen LogP contribution in [0.25, 0.3) is 0 Å². The Balaban J connectivity index is 1.31. The molecule has 5 nitrogen and oxygen atoms in total. The normalized spacial score (nSPS) is 20.9. The summed E-state index contributed by atoms with van der Waals surface area (Å²) in [6, 6.07) is 19.5. The second-order valence-electron chi connectivity index (χ2n) is 11.8. The van der Waals surface area contributed by atoms with Gasteiger partial charge in [-0.2, -0.15) is 0 Å². The predicted octanol–water partition coefficient (Wildman–Crippen LogP) is 7.44. The summed E-state index contributed by atoms with van der Waals surface area (Å²) in [4.78, 5) is 21.3. The van der Waals surface area contributed by atoms with Gasteiger partial charge in [0.25, 0.3) is 0 Å². The van der Waals surface area contributed by atoms with Gasteiger partial charge in [0.1, 0.15) is 17.5 Å². The predicted molar refractivity (Wildman–Crippen MR) is 158 cm³/mol. The van der Waals surface area contributed by atoms with Gasteiger partial charge in [-0.15, -0.1) is 0 Å². The summed E-state index contributed by atoms with van der Waals surface area (Å²) >= 11 is 1.43. The molecule has 41 heavy (non-hydrogen) atoms. The Morgan fingerprint density at radius 1 is 1.10 bits per heavy atom. The molecule has 3 atom stereocenters. The van der Waals surface area contributed by atoms with Gasteiger partial charge in [0.15, 0.2) is 0 Å².